The highest BCUT2D eigenvalue weighted by Gasteiger charge is 2.11. The van der Waals surface area contributed by atoms with E-state index in [4.69, 9.17) is 9.52 Å². The Bertz CT molecular complexity index is 297. The van der Waals surface area contributed by atoms with E-state index in [0.717, 1.165) is 0 Å². The van der Waals surface area contributed by atoms with Gasteiger partial charge in [-0.15, -0.1) is 10.2 Å². The number of aromatic nitrogens is 2. The zero-order valence-electron chi connectivity index (χ0n) is 7.44. The maximum absolute atomic E-state index is 10.4. The van der Waals surface area contributed by atoms with Crippen molar-refractivity contribution in [3.8, 4) is 0 Å². The van der Waals surface area contributed by atoms with Gasteiger partial charge >= 0.3 is 5.97 Å². The molecule has 72 valence electrons. The number of rotatable bonds is 4. The second-order valence-corrected chi connectivity index (χ2v) is 2.66. The maximum atomic E-state index is 10.4. The Hall–Kier alpha value is -1.43. The molecule has 0 saturated carbocycles. The molecule has 0 unspecified atom stereocenters. The molecule has 1 aromatic rings. The molecule has 0 aliphatic heterocycles. The normalized spacial score (nSPS) is 12.8. The van der Waals surface area contributed by atoms with E-state index < -0.39 is 12.0 Å². The number of carboxylic acid groups (broad SMARTS) is 1. The van der Waals surface area contributed by atoms with Crippen molar-refractivity contribution in [2.75, 3.05) is 0 Å². The summed E-state index contributed by atoms with van der Waals surface area (Å²) in [6, 6.07) is -0.618. The zero-order chi connectivity index (χ0) is 9.84. The third kappa shape index (κ3) is 2.83. The van der Waals surface area contributed by atoms with E-state index in [-0.39, 0.29) is 6.54 Å². The number of hydrogen-bond donors (Lipinski definition) is 2. The van der Waals surface area contributed by atoms with Crippen molar-refractivity contribution >= 4 is 5.97 Å². The fourth-order valence-corrected chi connectivity index (χ4v) is 0.737. The Labute approximate surface area is 75.0 Å². The van der Waals surface area contributed by atoms with Crippen LogP contribution in [-0.2, 0) is 11.3 Å². The summed E-state index contributed by atoms with van der Waals surface area (Å²) in [6.45, 7) is 3.50. The minimum Gasteiger partial charge on any atom is -0.480 e. The number of carbonyl (C=O) groups is 1. The quantitative estimate of drug-likeness (QED) is 0.683. The lowest BCUT2D eigenvalue weighted by molar-refractivity contribution is -0.139. The minimum atomic E-state index is -0.906. The number of nitrogens with one attached hydrogen (secondary N) is 1. The molecule has 0 bridgehead atoms. The number of nitrogens with zero attached hydrogens (tertiary/aromatic N) is 2. The molecule has 1 atom stereocenters. The second-order valence-electron chi connectivity index (χ2n) is 2.66. The predicted octanol–water partition coefficient (Wildman–Crippen LogP) is -0.0593. The lowest BCUT2D eigenvalue weighted by Gasteiger charge is -2.05. The topological polar surface area (TPSA) is 88.2 Å². The van der Waals surface area contributed by atoms with Crippen molar-refractivity contribution in [3.05, 3.63) is 11.8 Å². The SMILES string of the molecule is Cc1nnc(CN[C@H](C)C(=O)O)o1. The van der Waals surface area contributed by atoms with Crippen molar-refractivity contribution in [2.45, 2.75) is 26.4 Å². The third-order valence-electron chi connectivity index (χ3n) is 1.50. The van der Waals surface area contributed by atoms with Crippen LogP contribution in [0.25, 0.3) is 0 Å². The van der Waals surface area contributed by atoms with Gasteiger partial charge in [-0.2, -0.15) is 0 Å². The zero-order valence-corrected chi connectivity index (χ0v) is 7.44. The molecule has 0 radical (unpaired) electrons. The molecule has 6 heteroatoms. The minimum absolute atomic E-state index is 0.272. The Kier molecular flexibility index (Phi) is 2.97. The molecule has 0 aromatic carbocycles. The third-order valence-corrected chi connectivity index (χ3v) is 1.50. The number of hydrogen-bond acceptors (Lipinski definition) is 5. The molecule has 6 nitrogen and oxygen atoms in total. The van der Waals surface area contributed by atoms with Crippen molar-refractivity contribution in [3.63, 3.8) is 0 Å². The van der Waals surface area contributed by atoms with E-state index in [1.54, 1.807) is 13.8 Å². The van der Waals surface area contributed by atoms with Crippen LogP contribution in [0.1, 0.15) is 18.7 Å². The fourth-order valence-electron chi connectivity index (χ4n) is 0.737. The van der Waals surface area contributed by atoms with E-state index >= 15 is 0 Å². The fraction of sp³-hybridized carbons (Fsp3) is 0.571. The first-order chi connectivity index (χ1) is 6.09. The summed E-state index contributed by atoms with van der Waals surface area (Å²) in [4.78, 5) is 10.4. The monoisotopic (exact) mass is 185 g/mol. The highest BCUT2D eigenvalue weighted by molar-refractivity contribution is 5.72. The van der Waals surface area contributed by atoms with Crippen LogP contribution in [0.4, 0.5) is 0 Å². The molecule has 0 saturated heterocycles. The average Bonchev–Trinajstić information content (AvgIpc) is 2.47. The van der Waals surface area contributed by atoms with Gasteiger partial charge in [0.05, 0.1) is 6.54 Å². The van der Waals surface area contributed by atoms with Crippen molar-refractivity contribution < 1.29 is 14.3 Å². The Balaban J connectivity index is 2.39. The molecule has 0 fully saturated rings. The van der Waals surface area contributed by atoms with Crippen molar-refractivity contribution in [1.82, 2.24) is 15.5 Å². The number of carboxylic acids is 1. The molecule has 13 heavy (non-hydrogen) atoms. The first-order valence-corrected chi connectivity index (χ1v) is 3.85. The summed E-state index contributed by atoms with van der Waals surface area (Å²) in [5, 5.41) is 18.6. The number of aryl methyl sites for hydroxylation is 1. The summed E-state index contributed by atoms with van der Waals surface area (Å²) in [5.41, 5.74) is 0. The molecular weight excluding hydrogens is 174 g/mol. The van der Waals surface area contributed by atoms with E-state index in [1.165, 1.54) is 0 Å². The van der Waals surface area contributed by atoms with Crippen LogP contribution >= 0.6 is 0 Å². The summed E-state index contributed by atoms with van der Waals surface area (Å²) in [6.07, 6.45) is 0. The van der Waals surface area contributed by atoms with E-state index in [9.17, 15) is 4.79 Å². The van der Waals surface area contributed by atoms with Gasteiger partial charge in [0.2, 0.25) is 11.8 Å². The number of aliphatic carboxylic acids is 1. The lowest BCUT2D eigenvalue weighted by Crippen LogP contribution is -2.33. The summed E-state index contributed by atoms with van der Waals surface area (Å²) < 4.78 is 5.04. The average molecular weight is 185 g/mol. The van der Waals surface area contributed by atoms with Crippen molar-refractivity contribution in [2.24, 2.45) is 0 Å². The molecule has 1 aromatic heterocycles. The summed E-state index contributed by atoms with van der Waals surface area (Å²) >= 11 is 0. The van der Waals surface area contributed by atoms with Crippen LogP contribution in [0.15, 0.2) is 4.42 Å². The standard InChI is InChI=1S/C7H11N3O3/c1-4(7(11)12)8-3-6-10-9-5(2)13-6/h4,8H,3H2,1-2H3,(H,11,12)/t4-/m1/s1. The second kappa shape index (κ2) is 3.99. The van der Waals surface area contributed by atoms with Gasteiger partial charge < -0.3 is 9.52 Å². The van der Waals surface area contributed by atoms with Gasteiger partial charge in [-0.3, -0.25) is 10.1 Å². The first-order valence-electron chi connectivity index (χ1n) is 3.85. The van der Waals surface area contributed by atoms with Crippen molar-refractivity contribution in [1.29, 1.82) is 0 Å². The van der Waals surface area contributed by atoms with Gasteiger partial charge in [-0.25, -0.2) is 0 Å². The van der Waals surface area contributed by atoms with E-state index in [1.807, 2.05) is 0 Å². The smallest absolute Gasteiger partial charge is 0.320 e. The van der Waals surface area contributed by atoms with Crippen LogP contribution in [0.3, 0.4) is 0 Å². The Morgan fingerprint density at radius 1 is 1.69 bits per heavy atom. The molecule has 1 rings (SSSR count). The highest BCUT2D eigenvalue weighted by atomic mass is 16.4. The summed E-state index contributed by atoms with van der Waals surface area (Å²) in [7, 11) is 0. The molecule has 0 spiro atoms. The van der Waals surface area contributed by atoms with Gasteiger partial charge in [-0.05, 0) is 6.92 Å². The van der Waals surface area contributed by atoms with E-state index in [0.29, 0.717) is 11.8 Å². The van der Waals surface area contributed by atoms with Crippen LogP contribution in [0.2, 0.25) is 0 Å². The van der Waals surface area contributed by atoms with Crippen LogP contribution in [-0.4, -0.2) is 27.3 Å². The molecule has 1 heterocycles. The van der Waals surface area contributed by atoms with Gasteiger partial charge in [0.15, 0.2) is 0 Å². The van der Waals surface area contributed by atoms with Crippen LogP contribution < -0.4 is 5.32 Å². The van der Waals surface area contributed by atoms with Gasteiger partial charge in [-0.1, -0.05) is 0 Å². The van der Waals surface area contributed by atoms with Crippen LogP contribution in [0.5, 0.6) is 0 Å². The molecule has 2 N–H and O–H groups in total. The van der Waals surface area contributed by atoms with Gasteiger partial charge in [0.25, 0.3) is 0 Å². The Morgan fingerprint density at radius 3 is 2.85 bits per heavy atom. The molecular formula is C7H11N3O3. The Morgan fingerprint density at radius 2 is 2.38 bits per heavy atom. The highest BCUT2D eigenvalue weighted by Crippen LogP contribution is 1.97. The van der Waals surface area contributed by atoms with E-state index in [2.05, 4.69) is 15.5 Å². The molecule has 0 aliphatic rings. The lowest BCUT2D eigenvalue weighted by atomic mass is 10.3. The molecule has 0 amide bonds. The predicted molar refractivity (Wildman–Crippen MR) is 43.0 cm³/mol. The first kappa shape index (κ1) is 9.66. The summed E-state index contributed by atoms with van der Waals surface area (Å²) in [5.74, 6) is -0.0402. The van der Waals surface area contributed by atoms with Crippen LogP contribution in [0, 0.1) is 6.92 Å². The van der Waals surface area contributed by atoms with Gasteiger partial charge in [0, 0.05) is 6.92 Å². The molecule has 0 aliphatic carbocycles. The van der Waals surface area contributed by atoms with Gasteiger partial charge in [0.1, 0.15) is 6.04 Å². The largest absolute Gasteiger partial charge is 0.480 e. The maximum Gasteiger partial charge on any atom is 0.320 e.